The van der Waals surface area contributed by atoms with E-state index in [0.29, 0.717) is 0 Å². The van der Waals surface area contributed by atoms with E-state index in [-0.39, 0.29) is 12.5 Å². The number of carbonyl (C=O) groups excluding carboxylic acids is 1. The van der Waals surface area contributed by atoms with Gasteiger partial charge in [-0.25, -0.2) is 0 Å². The van der Waals surface area contributed by atoms with E-state index in [0.717, 1.165) is 28.9 Å². The number of unbranched alkanes of at least 4 members (excludes halogenated alkanes) is 3. The number of benzene rings is 1. The normalized spacial score (nSPS) is 14.3. The molecule has 2 rings (SSSR count). The molecule has 0 radical (unpaired) electrons. The SMILES string of the molecule is CCCCCCN1C(=O)COc2cc(Br)ccc21. The molecule has 1 aromatic rings. The first-order valence-corrected chi connectivity index (χ1v) is 7.24. The molecule has 1 heterocycles. The van der Waals surface area contributed by atoms with Gasteiger partial charge >= 0.3 is 0 Å². The number of hydrogen-bond donors (Lipinski definition) is 0. The Morgan fingerprint density at radius 3 is 2.94 bits per heavy atom. The van der Waals surface area contributed by atoms with Gasteiger partial charge in [-0.1, -0.05) is 42.1 Å². The van der Waals surface area contributed by atoms with Crippen molar-refractivity contribution in [3.05, 3.63) is 22.7 Å². The number of rotatable bonds is 5. The van der Waals surface area contributed by atoms with Gasteiger partial charge in [-0.15, -0.1) is 0 Å². The van der Waals surface area contributed by atoms with E-state index in [1.807, 2.05) is 23.1 Å². The molecule has 0 fully saturated rings. The lowest BCUT2D eigenvalue weighted by Gasteiger charge is -2.29. The van der Waals surface area contributed by atoms with Gasteiger partial charge in [0, 0.05) is 11.0 Å². The quantitative estimate of drug-likeness (QED) is 0.775. The number of amides is 1. The Labute approximate surface area is 116 Å². The zero-order valence-electron chi connectivity index (χ0n) is 10.6. The van der Waals surface area contributed by atoms with E-state index < -0.39 is 0 Å². The molecule has 0 aliphatic carbocycles. The maximum atomic E-state index is 11.9. The first-order chi connectivity index (χ1) is 8.72. The number of carbonyl (C=O) groups is 1. The van der Waals surface area contributed by atoms with Gasteiger partial charge in [-0.05, 0) is 24.6 Å². The van der Waals surface area contributed by atoms with Crippen LogP contribution in [-0.2, 0) is 4.79 Å². The smallest absolute Gasteiger partial charge is 0.265 e. The monoisotopic (exact) mass is 311 g/mol. The number of hydrogen-bond acceptors (Lipinski definition) is 2. The Kier molecular flexibility index (Phi) is 4.64. The highest BCUT2D eigenvalue weighted by molar-refractivity contribution is 9.10. The molecule has 0 bridgehead atoms. The van der Waals surface area contributed by atoms with E-state index >= 15 is 0 Å². The summed E-state index contributed by atoms with van der Waals surface area (Å²) in [6.45, 7) is 3.13. The fourth-order valence-corrected chi connectivity index (χ4v) is 2.46. The molecule has 4 heteroatoms. The van der Waals surface area contributed by atoms with E-state index in [2.05, 4.69) is 22.9 Å². The Morgan fingerprint density at radius 1 is 1.33 bits per heavy atom. The molecule has 0 aromatic heterocycles. The summed E-state index contributed by atoms with van der Waals surface area (Å²) in [6.07, 6.45) is 4.66. The molecule has 0 N–H and O–H groups in total. The molecule has 0 atom stereocenters. The van der Waals surface area contributed by atoms with Gasteiger partial charge in [0.15, 0.2) is 6.61 Å². The second kappa shape index (κ2) is 6.23. The average molecular weight is 312 g/mol. The number of halogens is 1. The summed E-state index contributed by atoms with van der Waals surface area (Å²) in [5, 5.41) is 0. The summed E-state index contributed by atoms with van der Waals surface area (Å²) in [5.74, 6) is 0.848. The van der Waals surface area contributed by atoms with Crippen LogP contribution in [0.25, 0.3) is 0 Å². The van der Waals surface area contributed by atoms with Gasteiger partial charge < -0.3 is 9.64 Å². The van der Waals surface area contributed by atoms with Crippen LogP contribution in [0.5, 0.6) is 5.75 Å². The molecular weight excluding hydrogens is 294 g/mol. The molecule has 1 aromatic carbocycles. The minimum Gasteiger partial charge on any atom is -0.482 e. The van der Waals surface area contributed by atoms with Crippen LogP contribution in [0.2, 0.25) is 0 Å². The average Bonchev–Trinajstić information content (AvgIpc) is 2.37. The van der Waals surface area contributed by atoms with Crippen LogP contribution in [0.3, 0.4) is 0 Å². The van der Waals surface area contributed by atoms with Crippen molar-refractivity contribution in [2.75, 3.05) is 18.1 Å². The number of ether oxygens (including phenoxy) is 1. The molecule has 1 amide bonds. The zero-order valence-corrected chi connectivity index (χ0v) is 12.2. The maximum absolute atomic E-state index is 11.9. The Bertz CT molecular complexity index is 434. The molecule has 0 saturated carbocycles. The molecule has 18 heavy (non-hydrogen) atoms. The number of nitrogens with zero attached hydrogens (tertiary/aromatic N) is 1. The van der Waals surface area contributed by atoms with Crippen molar-refractivity contribution in [3.63, 3.8) is 0 Å². The van der Waals surface area contributed by atoms with Gasteiger partial charge in [0.1, 0.15) is 5.75 Å². The van der Waals surface area contributed by atoms with Crippen LogP contribution < -0.4 is 9.64 Å². The largest absolute Gasteiger partial charge is 0.482 e. The molecular formula is C14H18BrNO2. The van der Waals surface area contributed by atoms with Gasteiger partial charge in [0.05, 0.1) is 5.69 Å². The van der Waals surface area contributed by atoms with Gasteiger partial charge in [0.2, 0.25) is 0 Å². The standard InChI is InChI=1S/C14H18BrNO2/c1-2-3-4-5-8-16-12-7-6-11(15)9-13(12)18-10-14(16)17/h6-7,9H,2-5,8,10H2,1H3. The minimum absolute atomic E-state index is 0.0568. The van der Waals surface area contributed by atoms with Crippen LogP contribution in [0, 0.1) is 0 Å². The summed E-state index contributed by atoms with van der Waals surface area (Å²) in [5.41, 5.74) is 0.894. The minimum atomic E-state index is 0.0568. The van der Waals surface area contributed by atoms with Gasteiger partial charge in [0.25, 0.3) is 5.91 Å². The summed E-state index contributed by atoms with van der Waals surface area (Å²) in [6, 6.07) is 5.80. The Morgan fingerprint density at radius 2 is 2.17 bits per heavy atom. The first-order valence-electron chi connectivity index (χ1n) is 6.45. The molecule has 0 unspecified atom stereocenters. The lowest BCUT2D eigenvalue weighted by molar-refractivity contribution is -0.121. The van der Waals surface area contributed by atoms with Crippen LogP contribution >= 0.6 is 15.9 Å². The second-order valence-electron chi connectivity index (χ2n) is 4.51. The van der Waals surface area contributed by atoms with E-state index in [9.17, 15) is 4.79 Å². The molecule has 98 valence electrons. The predicted octanol–water partition coefficient (Wildman–Crippen LogP) is 3.75. The van der Waals surface area contributed by atoms with Gasteiger partial charge in [-0.3, -0.25) is 4.79 Å². The predicted molar refractivity (Wildman–Crippen MR) is 76.1 cm³/mol. The van der Waals surface area contributed by atoms with Crippen LogP contribution in [0.4, 0.5) is 5.69 Å². The highest BCUT2D eigenvalue weighted by Crippen LogP contribution is 2.34. The number of anilines is 1. The van der Waals surface area contributed by atoms with Crippen LogP contribution in [0.1, 0.15) is 32.6 Å². The van der Waals surface area contributed by atoms with Crippen molar-refractivity contribution in [1.29, 1.82) is 0 Å². The Hall–Kier alpha value is -1.03. The maximum Gasteiger partial charge on any atom is 0.265 e. The van der Waals surface area contributed by atoms with Crippen LogP contribution in [0.15, 0.2) is 22.7 Å². The fourth-order valence-electron chi connectivity index (χ4n) is 2.12. The lowest BCUT2D eigenvalue weighted by Crippen LogP contribution is -2.39. The summed E-state index contributed by atoms with van der Waals surface area (Å²) < 4.78 is 6.43. The topological polar surface area (TPSA) is 29.5 Å². The molecule has 3 nitrogen and oxygen atoms in total. The summed E-state index contributed by atoms with van der Waals surface area (Å²) in [7, 11) is 0. The Balaban J connectivity index is 2.08. The van der Waals surface area contributed by atoms with Crippen molar-refractivity contribution < 1.29 is 9.53 Å². The van der Waals surface area contributed by atoms with Gasteiger partial charge in [-0.2, -0.15) is 0 Å². The fraction of sp³-hybridized carbons (Fsp3) is 0.500. The van der Waals surface area contributed by atoms with Crippen molar-refractivity contribution in [2.45, 2.75) is 32.6 Å². The third kappa shape index (κ3) is 3.05. The number of fused-ring (bicyclic) bond motifs is 1. The molecule has 1 aliphatic rings. The van der Waals surface area contributed by atoms with E-state index in [1.54, 1.807) is 0 Å². The molecule has 0 spiro atoms. The molecule has 0 saturated heterocycles. The van der Waals surface area contributed by atoms with Crippen molar-refractivity contribution >= 4 is 27.5 Å². The summed E-state index contributed by atoms with van der Waals surface area (Å²) in [4.78, 5) is 13.7. The zero-order chi connectivity index (χ0) is 13.0. The highest BCUT2D eigenvalue weighted by atomic mass is 79.9. The van der Waals surface area contributed by atoms with Crippen molar-refractivity contribution in [3.8, 4) is 5.75 Å². The van der Waals surface area contributed by atoms with Crippen molar-refractivity contribution in [1.82, 2.24) is 0 Å². The third-order valence-electron chi connectivity index (χ3n) is 3.10. The van der Waals surface area contributed by atoms with E-state index in [4.69, 9.17) is 4.74 Å². The summed E-state index contributed by atoms with van der Waals surface area (Å²) >= 11 is 3.42. The van der Waals surface area contributed by atoms with Crippen LogP contribution in [-0.4, -0.2) is 19.1 Å². The molecule has 1 aliphatic heterocycles. The van der Waals surface area contributed by atoms with Crippen molar-refractivity contribution in [2.24, 2.45) is 0 Å². The lowest BCUT2D eigenvalue weighted by atomic mass is 10.1. The highest BCUT2D eigenvalue weighted by Gasteiger charge is 2.24. The van der Waals surface area contributed by atoms with E-state index in [1.165, 1.54) is 19.3 Å². The third-order valence-corrected chi connectivity index (χ3v) is 3.59. The first kappa shape index (κ1) is 13.4. The second-order valence-corrected chi connectivity index (χ2v) is 5.42.